The van der Waals surface area contributed by atoms with E-state index in [4.69, 9.17) is 17.3 Å². The van der Waals surface area contributed by atoms with Gasteiger partial charge in [-0.05, 0) is 24.0 Å². The Morgan fingerprint density at radius 2 is 2.24 bits per heavy atom. The second kappa shape index (κ2) is 8.64. The molecular formula is C11H16Cl2N2OS. The number of benzene rings is 1. The molecule has 0 aliphatic rings. The predicted octanol–water partition coefficient (Wildman–Crippen LogP) is 2.56. The fraction of sp³-hybridized carbons (Fsp3) is 0.364. The van der Waals surface area contributed by atoms with Crippen LogP contribution in [0.5, 0.6) is 0 Å². The summed E-state index contributed by atoms with van der Waals surface area (Å²) in [6.07, 6.45) is 0. The SMILES string of the molecule is CCSc1ccc(Cl)cc1C(=O)NCCN.Cl. The molecular weight excluding hydrogens is 279 g/mol. The summed E-state index contributed by atoms with van der Waals surface area (Å²) in [6, 6.07) is 5.35. The predicted molar refractivity (Wildman–Crippen MR) is 76.5 cm³/mol. The maximum Gasteiger partial charge on any atom is 0.252 e. The van der Waals surface area contributed by atoms with Crippen LogP contribution >= 0.6 is 35.8 Å². The first kappa shape index (κ1) is 16.6. The van der Waals surface area contributed by atoms with Crippen LogP contribution < -0.4 is 11.1 Å². The third-order valence-corrected chi connectivity index (χ3v) is 3.11. The van der Waals surface area contributed by atoms with Gasteiger partial charge in [0.05, 0.1) is 5.56 Å². The molecule has 1 aromatic carbocycles. The fourth-order valence-electron chi connectivity index (χ4n) is 1.24. The van der Waals surface area contributed by atoms with Gasteiger partial charge in [-0.3, -0.25) is 4.79 Å². The van der Waals surface area contributed by atoms with Crippen molar-refractivity contribution >= 4 is 41.7 Å². The van der Waals surface area contributed by atoms with Gasteiger partial charge in [-0.1, -0.05) is 18.5 Å². The standard InChI is InChI=1S/C11H15ClN2OS.ClH/c1-2-16-10-4-3-8(12)7-9(10)11(15)14-6-5-13;/h3-4,7H,2,5-6,13H2,1H3,(H,14,15);1H. The lowest BCUT2D eigenvalue weighted by molar-refractivity contribution is 0.0952. The van der Waals surface area contributed by atoms with Crippen molar-refractivity contribution < 1.29 is 4.79 Å². The molecule has 3 N–H and O–H groups in total. The first-order chi connectivity index (χ1) is 7.69. The Morgan fingerprint density at radius 1 is 1.53 bits per heavy atom. The van der Waals surface area contributed by atoms with Crippen molar-refractivity contribution in [3.05, 3.63) is 28.8 Å². The Balaban J connectivity index is 0.00000256. The monoisotopic (exact) mass is 294 g/mol. The highest BCUT2D eigenvalue weighted by Crippen LogP contribution is 2.25. The molecule has 0 bridgehead atoms. The molecule has 0 unspecified atom stereocenters. The number of carbonyl (C=O) groups is 1. The summed E-state index contributed by atoms with van der Waals surface area (Å²) in [5.41, 5.74) is 5.95. The second-order valence-electron chi connectivity index (χ2n) is 3.12. The zero-order valence-corrected chi connectivity index (χ0v) is 11.9. The van der Waals surface area contributed by atoms with Crippen molar-refractivity contribution in [2.45, 2.75) is 11.8 Å². The maximum absolute atomic E-state index is 11.8. The maximum atomic E-state index is 11.8. The molecule has 0 spiro atoms. The smallest absolute Gasteiger partial charge is 0.252 e. The van der Waals surface area contributed by atoms with E-state index in [9.17, 15) is 4.79 Å². The van der Waals surface area contributed by atoms with E-state index in [0.29, 0.717) is 23.7 Å². The van der Waals surface area contributed by atoms with Crippen LogP contribution in [0.1, 0.15) is 17.3 Å². The van der Waals surface area contributed by atoms with Gasteiger partial charge in [0, 0.05) is 23.0 Å². The number of nitrogens with one attached hydrogen (secondary N) is 1. The lowest BCUT2D eigenvalue weighted by Gasteiger charge is -2.09. The molecule has 0 aromatic heterocycles. The number of nitrogens with two attached hydrogens (primary N) is 1. The third kappa shape index (κ3) is 5.17. The van der Waals surface area contributed by atoms with Crippen LogP contribution in [0.15, 0.2) is 23.1 Å². The average molecular weight is 295 g/mol. The number of amides is 1. The van der Waals surface area contributed by atoms with Gasteiger partial charge in [0.15, 0.2) is 0 Å². The van der Waals surface area contributed by atoms with Gasteiger partial charge < -0.3 is 11.1 Å². The fourth-order valence-corrected chi connectivity index (χ4v) is 2.20. The molecule has 1 aromatic rings. The van der Waals surface area contributed by atoms with Gasteiger partial charge in [-0.25, -0.2) is 0 Å². The molecule has 0 saturated heterocycles. The number of carbonyl (C=O) groups excluding carboxylic acids is 1. The van der Waals surface area contributed by atoms with Crippen molar-refractivity contribution in [1.82, 2.24) is 5.32 Å². The van der Waals surface area contributed by atoms with E-state index >= 15 is 0 Å². The minimum absolute atomic E-state index is 0. The van der Waals surface area contributed by atoms with Gasteiger partial charge in [0.25, 0.3) is 5.91 Å². The Kier molecular flexibility index (Phi) is 8.43. The summed E-state index contributed by atoms with van der Waals surface area (Å²) in [5, 5.41) is 3.31. The van der Waals surface area contributed by atoms with Gasteiger partial charge in [0.1, 0.15) is 0 Å². The summed E-state index contributed by atoms with van der Waals surface area (Å²) < 4.78 is 0. The van der Waals surface area contributed by atoms with Crippen LogP contribution in [-0.2, 0) is 0 Å². The Bertz CT molecular complexity index is 374. The van der Waals surface area contributed by atoms with E-state index in [1.165, 1.54) is 0 Å². The molecule has 0 heterocycles. The second-order valence-corrected chi connectivity index (χ2v) is 4.86. The lowest BCUT2D eigenvalue weighted by atomic mass is 10.2. The molecule has 3 nitrogen and oxygen atoms in total. The molecule has 96 valence electrons. The number of rotatable bonds is 5. The summed E-state index contributed by atoms with van der Waals surface area (Å²) in [7, 11) is 0. The normalized spacial score (nSPS) is 9.59. The number of thioether (sulfide) groups is 1. The van der Waals surface area contributed by atoms with Crippen LogP contribution in [0.4, 0.5) is 0 Å². The van der Waals surface area contributed by atoms with E-state index in [2.05, 4.69) is 5.32 Å². The number of halogens is 2. The van der Waals surface area contributed by atoms with E-state index < -0.39 is 0 Å². The minimum Gasteiger partial charge on any atom is -0.351 e. The Morgan fingerprint density at radius 3 is 2.82 bits per heavy atom. The van der Waals surface area contributed by atoms with E-state index in [1.807, 2.05) is 13.0 Å². The molecule has 0 fully saturated rings. The Hall–Kier alpha value is -0.420. The highest BCUT2D eigenvalue weighted by atomic mass is 35.5. The van der Waals surface area contributed by atoms with E-state index in [1.54, 1.807) is 23.9 Å². The summed E-state index contributed by atoms with van der Waals surface area (Å²) in [4.78, 5) is 12.8. The highest BCUT2D eigenvalue weighted by molar-refractivity contribution is 7.99. The molecule has 17 heavy (non-hydrogen) atoms. The zero-order chi connectivity index (χ0) is 12.0. The van der Waals surface area contributed by atoms with Crippen molar-refractivity contribution in [2.24, 2.45) is 5.73 Å². The van der Waals surface area contributed by atoms with Crippen molar-refractivity contribution in [3.8, 4) is 0 Å². The van der Waals surface area contributed by atoms with Crippen LogP contribution in [0.3, 0.4) is 0 Å². The Labute approximate surface area is 117 Å². The van der Waals surface area contributed by atoms with Gasteiger partial charge in [0.2, 0.25) is 0 Å². The molecule has 1 amide bonds. The van der Waals surface area contributed by atoms with Crippen molar-refractivity contribution in [1.29, 1.82) is 0 Å². The summed E-state index contributed by atoms with van der Waals surface area (Å²) in [6.45, 7) is 2.95. The molecule has 1 rings (SSSR count). The largest absolute Gasteiger partial charge is 0.351 e. The van der Waals surface area contributed by atoms with Gasteiger partial charge in [-0.15, -0.1) is 24.2 Å². The lowest BCUT2D eigenvalue weighted by Crippen LogP contribution is -2.29. The number of hydrogen-bond acceptors (Lipinski definition) is 3. The molecule has 0 aliphatic heterocycles. The summed E-state index contributed by atoms with van der Waals surface area (Å²) >= 11 is 7.50. The van der Waals surface area contributed by atoms with Crippen LogP contribution in [-0.4, -0.2) is 24.7 Å². The first-order valence-electron chi connectivity index (χ1n) is 5.09. The third-order valence-electron chi connectivity index (χ3n) is 1.92. The molecule has 0 radical (unpaired) electrons. The van der Waals surface area contributed by atoms with Crippen LogP contribution in [0.25, 0.3) is 0 Å². The number of hydrogen-bond donors (Lipinski definition) is 2. The van der Waals surface area contributed by atoms with E-state index in [-0.39, 0.29) is 18.3 Å². The topological polar surface area (TPSA) is 55.1 Å². The minimum atomic E-state index is -0.121. The molecule has 0 saturated carbocycles. The average Bonchev–Trinajstić information content (AvgIpc) is 2.28. The van der Waals surface area contributed by atoms with Crippen LogP contribution in [0.2, 0.25) is 5.02 Å². The van der Waals surface area contributed by atoms with Crippen molar-refractivity contribution in [2.75, 3.05) is 18.8 Å². The van der Waals surface area contributed by atoms with Gasteiger partial charge >= 0.3 is 0 Å². The summed E-state index contributed by atoms with van der Waals surface area (Å²) in [5.74, 6) is 0.794. The molecule has 6 heteroatoms. The van der Waals surface area contributed by atoms with Crippen LogP contribution in [0, 0.1) is 0 Å². The first-order valence-corrected chi connectivity index (χ1v) is 6.46. The van der Waals surface area contributed by atoms with Gasteiger partial charge in [-0.2, -0.15) is 0 Å². The van der Waals surface area contributed by atoms with Crippen molar-refractivity contribution in [3.63, 3.8) is 0 Å². The zero-order valence-electron chi connectivity index (χ0n) is 9.53. The highest BCUT2D eigenvalue weighted by Gasteiger charge is 2.11. The quantitative estimate of drug-likeness (QED) is 0.821. The molecule has 0 aliphatic carbocycles. The van der Waals surface area contributed by atoms with E-state index in [0.717, 1.165) is 10.6 Å². The molecule has 0 atom stereocenters.